The van der Waals surface area contributed by atoms with E-state index in [0.717, 1.165) is 23.1 Å². The van der Waals surface area contributed by atoms with Crippen molar-refractivity contribution in [2.45, 2.75) is 59.2 Å². The van der Waals surface area contributed by atoms with Gasteiger partial charge in [-0.3, -0.25) is 9.59 Å². The first-order valence-corrected chi connectivity index (χ1v) is 7.61. The topological polar surface area (TPSA) is 49.4 Å². The number of aryl methyl sites for hydroxylation is 2. The summed E-state index contributed by atoms with van der Waals surface area (Å²) in [6, 6.07) is 5.32. The fraction of sp³-hybridized carbons (Fsp3) is 0.529. The van der Waals surface area contributed by atoms with Crippen LogP contribution in [0.4, 0.5) is 0 Å². The van der Waals surface area contributed by atoms with Crippen molar-refractivity contribution in [3.05, 3.63) is 34.9 Å². The van der Waals surface area contributed by atoms with Crippen LogP contribution in [0, 0.1) is 13.8 Å². The molecular weight excluding hydrogens is 264 g/mol. The van der Waals surface area contributed by atoms with E-state index >= 15 is 0 Å². The molecule has 1 saturated heterocycles. The number of hydrogen-bond acceptors (Lipinski definition) is 2. The van der Waals surface area contributed by atoms with E-state index in [-0.39, 0.29) is 17.9 Å². The highest BCUT2D eigenvalue weighted by atomic mass is 16.2. The Labute approximate surface area is 126 Å². The van der Waals surface area contributed by atoms with Gasteiger partial charge in [0.15, 0.2) is 0 Å². The molecule has 1 N–H and O–H groups in total. The molecule has 4 heteroatoms. The number of rotatable bonds is 4. The third-order valence-corrected chi connectivity index (χ3v) is 4.29. The van der Waals surface area contributed by atoms with Gasteiger partial charge in [0.25, 0.3) is 0 Å². The molecular formula is C17H24N2O2. The first kappa shape index (κ1) is 15.5. The zero-order valence-corrected chi connectivity index (χ0v) is 13.3. The number of amides is 2. The van der Waals surface area contributed by atoms with E-state index in [1.807, 2.05) is 39.0 Å². The predicted octanol–water partition coefficient (Wildman–Crippen LogP) is 2.32. The van der Waals surface area contributed by atoms with Crippen LogP contribution in [0.3, 0.4) is 0 Å². The summed E-state index contributed by atoms with van der Waals surface area (Å²) in [6.45, 7) is 8.42. The molecule has 1 fully saturated rings. The number of hydrogen-bond donors (Lipinski definition) is 1. The Bertz CT molecular complexity index is 533. The molecule has 0 spiro atoms. The van der Waals surface area contributed by atoms with Gasteiger partial charge in [0.05, 0.1) is 0 Å². The molecule has 1 aromatic carbocycles. The second kappa shape index (κ2) is 6.29. The van der Waals surface area contributed by atoms with Gasteiger partial charge < -0.3 is 10.2 Å². The highest BCUT2D eigenvalue weighted by molar-refractivity contribution is 5.96. The Balaban J connectivity index is 2.27. The lowest BCUT2D eigenvalue weighted by molar-refractivity contribution is -0.149. The van der Waals surface area contributed by atoms with Crippen LogP contribution in [0.2, 0.25) is 0 Å². The van der Waals surface area contributed by atoms with Crippen LogP contribution >= 0.6 is 0 Å². The van der Waals surface area contributed by atoms with Crippen molar-refractivity contribution in [3.63, 3.8) is 0 Å². The van der Waals surface area contributed by atoms with Crippen LogP contribution in [0.25, 0.3) is 0 Å². The Morgan fingerprint density at radius 3 is 2.38 bits per heavy atom. The number of piperazine rings is 1. The van der Waals surface area contributed by atoms with E-state index in [1.54, 1.807) is 11.8 Å². The minimum Gasteiger partial charge on any atom is -0.343 e. The second-order valence-corrected chi connectivity index (χ2v) is 5.86. The number of carbonyl (C=O) groups excluding carboxylic acids is 2. The van der Waals surface area contributed by atoms with Crippen molar-refractivity contribution in [2.75, 3.05) is 0 Å². The highest BCUT2D eigenvalue weighted by Crippen LogP contribution is 2.21. The zero-order chi connectivity index (χ0) is 15.6. The molecule has 21 heavy (non-hydrogen) atoms. The van der Waals surface area contributed by atoms with Gasteiger partial charge in [0, 0.05) is 6.54 Å². The quantitative estimate of drug-likeness (QED) is 0.924. The Morgan fingerprint density at radius 1 is 1.19 bits per heavy atom. The van der Waals surface area contributed by atoms with Crippen LogP contribution in [-0.4, -0.2) is 28.8 Å². The van der Waals surface area contributed by atoms with Gasteiger partial charge in [0.1, 0.15) is 12.1 Å². The maximum Gasteiger partial charge on any atom is 0.246 e. The second-order valence-electron chi connectivity index (χ2n) is 5.86. The van der Waals surface area contributed by atoms with Gasteiger partial charge in [-0.15, -0.1) is 0 Å². The maximum atomic E-state index is 12.6. The highest BCUT2D eigenvalue weighted by Gasteiger charge is 2.37. The Kier molecular flexibility index (Phi) is 4.66. The molecule has 114 valence electrons. The van der Waals surface area contributed by atoms with Crippen molar-refractivity contribution in [1.82, 2.24) is 10.2 Å². The molecule has 1 heterocycles. The smallest absolute Gasteiger partial charge is 0.246 e. The lowest BCUT2D eigenvalue weighted by Gasteiger charge is -2.38. The fourth-order valence-electron chi connectivity index (χ4n) is 2.85. The van der Waals surface area contributed by atoms with Crippen LogP contribution in [0.1, 0.15) is 43.4 Å². The third kappa shape index (κ3) is 3.09. The molecule has 0 radical (unpaired) electrons. The molecule has 0 aliphatic carbocycles. The van der Waals surface area contributed by atoms with Crippen LogP contribution < -0.4 is 5.32 Å². The van der Waals surface area contributed by atoms with Gasteiger partial charge >= 0.3 is 0 Å². The molecule has 1 aliphatic rings. The summed E-state index contributed by atoms with van der Waals surface area (Å²) >= 11 is 0. The molecule has 2 rings (SSSR count). The van der Waals surface area contributed by atoms with Crippen LogP contribution in [-0.2, 0) is 16.1 Å². The standard InChI is InChI=1S/C17H24N2O2/c1-5-7-15-17(21)19(13(4)16(20)18-15)10-14-11(2)8-6-9-12(14)3/h6,8-9,13,15H,5,7,10H2,1-4H3,(H,18,20). The predicted molar refractivity (Wildman–Crippen MR) is 82.8 cm³/mol. The van der Waals surface area contributed by atoms with Crippen molar-refractivity contribution < 1.29 is 9.59 Å². The number of nitrogens with zero attached hydrogens (tertiary/aromatic N) is 1. The fourth-order valence-corrected chi connectivity index (χ4v) is 2.85. The normalized spacial score (nSPS) is 22.4. The minimum absolute atomic E-state index is 0.0339. The first-order chi connectivity index (χ1) is 9.95. The summed E-state index contributed by atoms with van der Waals surface area (Å²) in [4.78, 5) is 26.4. The number of carbonyl (C=O) groups is 2. The van der Waals surface area contributed by atoms with Crippen molar-refractivity contribution in [2.24, 2.45) is 0 Å². The molecule has 2 amide bonds. The molecule has 2 unspecified atom stereocenters. The van der Waals surface area contributed by atoms with Gasteiger partial charge in [0.2, 0.25) is 11.8 Å². The molecule has 2 atom stereocenters. The first-order valence-electron chi connectivity index (χ1n) is 7.61. The average molecular weight is 288 g/mol. The molecule has 1 aliphatic heterocycles. The van der Waals surface area contributed by atoms with E-state index in [9.17, 15) is 9.59 Å². The SMILES string of the molecule is CCCC1NC(=O)C(C)N(Cc2c(C)cccc2C)C1=O. The lowest BCUT2D eigenvalue weighted by Crippen LogP contribution is -2.61. The van der Waals surface area contributed by atoms with Gasteiger partial charge in [-0.2, -0.15) is 0 Å². The van der Waals surface area contributed by atoms with Crippen LogP contribution in [0.15, 0.2) is 18.2 Å². The summed E-state index contributed by atoms with van der Waals surface area (Å²) in [7, 11) is 0. The summed E-state index contributed by atoms with van der Waals surface area (Å²) < 4.78 is 0. The molecule has 0 aromatic heterocycles. The summed E-state index contributed by atoms with van der Waals surface area (Å²) in [5.74, 6) is -0.0223. The van der Waals surface area contributed by atoms with E-state index < -0.39 is 6.04 Å². The monoisotopic (exact) mass is 288 g/mol. The van der Waals surface area contributed by atoms with Gasteiger partial charge in [-0.05, 0) is 43.9 Å². The van der Waals surface area contributed by atoms with E-state index in [0.29, 0.717) is 13.0 Å². The lowest BCUT2D eigenvalue weighted by atomic mass is 9.99. The number of benzene rings is 1. The van der Waals surface area contributed by atoms with Gasteiger partial charge in [-0.25, -0.2) is 0 Å². The van der Waals surface area contributed by atoms with Crippen molar-refractivity contribution in [3.8, 4) is 0 Å². The largest absolute Gasteiger partial charge is 0.343 e. The minimum atomic E-state index is -0.412. The van der Waals surface area contributed by atoms with E-state index in [1.165, 1.54) is 0 Å². The van der Waals surface area contributed by atoms with Crippen molar-refractivity contribution >= 4 is 11.8 Å². The van der Waals surface area contributed by atoms with Crippen molar-refractivity contribution in [1.29, 1.82) is 0 Å². The van der Waals surface area contributed by atoms with E-state index in [2.05, 4.69) is 5.32 Å². The maximum absolute atomic E-state index is 12.6. The zero-order valence-electron chi connectivity index (χ0n) is 13.3. The molecule has 4 nitrogen and oxygen atoms in total. The Hall–Kier alpha value is -1.84. The Morgan fingerprint density at radius 2 is 1.81 bits per heavy atom. The molecule has 1 aromatic rings. The summed E-state index contributed by atoms with van der Waals surface area (Å²) in [6.07, 6.45) is 1.57. The van der Waals surface area contributed by atoms with Crippen LogP contribution in [0.5, 0.6) is 0 Å². The third-order valence-electron chi connectivity index (χ3n) is 4.29. The summed E-state index contributed by atoms with van der Waals surface area (Å²) in [5, 5.41) is 2.83. The number of nitrogens with one attached hydrogen (secondary N) is 1. The average Bonchev–Trinajstić information content (AvgIpc) is 2.44. The summed E-state index contributed by atoms with van der Waals surface area (Å²) in [5.41, 5.74) is 3.46. The van der Waals surface area contributed by atoms with Gasteiger partial charge in [-0.1, -0.05) is 31.5 Å². The molecule has 0 saturated carbocycles. The molecule has 0 bridgehead atoms. The van der Waals surface area contributed by atoms with E-state index in [4.69, 9.17) is 0 Å².